The molecule has 4 rings (SSSR count). The summed E-state index contributed by atoms with van der Waals surface area (Å²) in [5, 5.41) is 0. The van der Waals surface area contributed by atoms with Crippen molar-refractivity contribution in [2.75, 3.05) is 0 Å². The zero-order valence-corrected chi connectivity index (χ0v) is 14.7. The molecule has 4 aliphatic rings. The van der Waals surface area contributed by atoms with Crippen LogP contribution in [0.15, 0.2) is 23.3 Å². The number of carbonyl (C=O) groups excluding carboxylic acids is 2. The Morgan fingerprint density at radius 3 is 2.57 bits per heavy atom. The van der Waals surface area contributed by atoms with Crippen LogP contribution in [0.3, 0.4) is 0 Å². The van der Waals surface area contributed by atoms with E-state index in [1.54, 1.807) is 0 Å². The van der Waals surface area contributed by atoms with Crippen molar-refractivity contribution in [1.29, 1.82) is 0 Å². The second-order valence-electron chi connectivity index (χ2n) is 8.75. The smallest absolute Gasteiger partial charge is 0.159 e. The minimum Gasteiger partial charge on any atom is -0.295 e. The van der Waals surface area contributed by atoms with Gasteiger partial charge in [-0.15, -0.1) is 0 Å². The number of hydrogen-bond acceptors (Lipinski definition) is 2. The maximum absolute atomic E-state index is 12.5. The summed E-state index contributed by atoms with van der Waals surface area (Å²) in [4.78, 5) is 24.4. The zero-order chi connectivity index (χ0) is 16.4. The van der Waals surface area contributed by atoms with E-state index in [-0.39, 0.29) is 10.8 Å². The molecule has 0 aromatic heterocycles. The van der Waals surface area contributed by atoms with Crippen LogP contribution in [0, 0.1) is 28.6 Å². The minimum absolute atomic E-state index is 0.106. The number of ketones is 2. The maximum atomic E-state index is 12.5. The highest BCUT2D eigenvalue weighted by atomic mass is 16.1. The van der Waals surface area contributed by atoms with Gasteiger partial charge in [0.25, 0.3) is 0 Å². The lowest BCUT2D eigenvalue weighted by molar-refractivity contribution is -0.117. The monoisotopic (exact) mass is 312 g/mol. The summed E-state index contributed by atoms with van der Waals surface area (Å²) in [6.45, 7) is 6.77. The number of rotatable bonds is 0. The van der Waals surface area contributed by atoms with E-state index in [0.717, 1.165) is 31.3 Å². The Hall–Kier alpha value is -1.18. The molecule has 0 aromatic rings. The largest absolute Gasteiger partial charge is 0.295 e. The molecule has 5 atom stereocenters. The average molecular weight is 312 g/mol. The summed E-state index contributed by atoms with van der Waals surface area (Å²) in [7, 11) is 0. The second-order valence-corrected chi connectivity index (χ2v) is 8.75. The highest BCUT2D eigenvalue weighted by Gasteiger charge is 2.59. The van der Waals surface area contributed by atoms with Crippen LogP contribution in [0.5, 0.6) is 0 Å². The van der Waals surface area contributed by atoms with Crippen LogP contribution >= 0.6 is 0 Å². The Labute approximate surface area is 139 Å². The molecule has 0 saturated heterocycles. The van der Waals surface area contributed by atoms with Crippen molar-refractivity contribution < 1.29 is 9.59 Å². The van der Waals surface area contributed by atoms with E-state index in [1.807, 2.05) is 13.0 Å². The van der Waals surface area contributed by atoms with Crippen molar-refractivity contribution in [3.8, 4) is 0 Å². The van der Waals surface area contributed by atoms with E-state index in [1.165, 1.54) is 18.4 Å². The molecule has 0 radical (unpaired) electrons. The van der Waals surface area contributed by atoms with Crippen molar-refractivity contribution in [3.63, 3.8) is 0 Å². The van der Waals surface area contributed by atoms with Gasteiger partial charge in [0.2, 0.25) is 0 Å². The van der Waals surface area contributed by atoms with Crippen LogP contribution in [-0.4, -0.2) is 11.6 Å². The van der Waals surface area contributed by atoms with Crippen LogP contribution < -0.4 is 0 Å². The van der Waals surface area contributed by atoms with Crippen molar-refractivity contribution in [2.24, 2.45) is 28.6 Å². The molecular formula is C21H28O2. The lowest BCUT2D eigenvalue weighted by Gasteiger charge is -2.57. The molecule has 23 heavy (non-hydrogen) atoms. The number of Topliss-reactive ketones (excluding diaryl/α,β-unsaturated/α-hetero) is 1. The third-order valence-corrected chi connectivity index (χ3v) is 7.96. The summed E-state index contributed by atoms with van der Waals surface area (Å²) in [6.07, 6.45) is 11.1. The summed E-state index contributed by atoms with van der Waals surface area (Å²) in [6, 6.07) is 0. The fraction of sp³-hybridized carbons (Fsp3) is 0.714. The molecule has 0 unspecified atom stereocenters. The van der Waals surface area contributed by atoms with Gasteiger partial charge in [-0.05, 0) is 79.3 Å². The molecule has 2 heteroatoms. The number of fused-ring (bicyclic) bond motifs is 5. The first-order valence-electron chi connectivity index (χ1n) is 9.34. The molecule has 124 valence electrons. The molecular weight excluding hydrogens is 284 g/mol. The quantitative estimate of drug-likeness (QED) is 0.610. The number of allylic oxidation sites excluding steroid dienone is 3. The van der Waals surface area contributed by atoms with Gasteiger partial charge in [-0.2, -0.15) is 0 Å². The van der Waals surface area contributed by atoms with E-state index in [2.05, 4.69) is 19.9 Å². The highest BCUT2D eigenvalue weighted by molar-refractivity contribution is 5.99. The van der Waals surface area contributed by atoms with E-state index in [0.29, 0.717) is 35.7 Å². The average Bonchev–Trinajstić information content (AvgIpc) is 2.77. The Morgan fingerprint density at radius 2 is 1.83 bits per heavy atom. The zero-order valence-electron chi connectivity index (χ0n) is 14.7. The number of carbonyl (C=O) groups is 2. The van der Waals surface area contributed by atoms with Crippen LogP contribution in [0.4, 0.5) is 0 Å². The molecule has 3 saturated carbocycles. The van der Waals surface area contributed by atoms with Crippen LogP contribution in [0.1, 0.15) is 65.7 Å². The first-order valence-corrected chi connectivity index (χ1v) is 9.34. The molecule has 3 fully saturated rings. The fourth-order valence-corrected chi connectivity index (χ4v) is 6.71. The van der Waals surface area contributed by atoms with Crippen LogP contribution in [-0.2, 0) is 9.59 Å². The van der Waals surface area contributed by atoms with Crippen molar-refractivity contribution in [3.05, 3.63) is 23.3 Å². The Morgan fingerprint density at radius 1 is 1.04 bits per heavy atom. The normalized spacial score (nSPS) is 47.9. The van der Waals surface area contributed by atoms with Crippen LogP contribution in [0.25, 0.3) is 0 Å². The Kier molecular flexibility index (Phi) is 3.28. The second kappa shape index (κ2) is 4.91. The van der Waals surface area contributed by atoms with Gasteiger partial charge in [0.15, 0.2) is 11.6 Å². The van der Waals surface area contributed by atoms with E-state index >= 15 is 0 Å². The molecule has 0 spiro atoms. The van der Waals surface area contributed by atoms with Gasteiger partial charge in [-0.25, -0.2) is 0 Å². The first-order chi connectivity index (χ1) is 10.9. The molecule has 0 aromatic carbocycles. The predicted molar refractivity (Wildman–Crippen MR) is 90.9 cm³/mol. The topological polar surface area (TPSA) is 34.1 Å². The third-order valence-electron chi connectivity index (χ3n) is 7.96. The van der Waals surface area contributed by atoms with E-state index in [9.17, 15) is 9.59 Å². The van der Waals surface area contributed by atoms with Gasteiger partial charge >= 0.3 is 0 Å². The molecule has 0 N–H and O–H groups in total. The summed E-state index contributed by atoms with van der Waals surface area (Å²) >= 11 is 0. The third kappa shape index (κ3) is 1.93. The van der Waals surface area contributed by atoms with Crippen molar-refractivity contribution in [2.45, 2.75) is 65.7 Å². The van der Waals surface area contributed by atoms with E-state index in [4.69, 9.17) is 0 Å². The van der Waals surface area contributed by atoms with Crippen molar-refractivity contribution >= 4 is 11.6 Å². The molecule has 0 bridgehead atoms. The molecule has 0 amide bonds. The van der Waals surface area contributed by atoms with Crippen LogP contribution in [0.2, 0.25) is 0 Å². The molecule has 4 aliphatic carbocycles. The lowest BCUT2D eigenvalue weighted by atomic mass is 9.47. The van der Waals surface area contributed by atoms with Gasteiger partial charge in [0.05, 0.1) is 0 Å². The molecule has 0 aliphatic heterocycles. The first kappa shape index (κ1) is 15.4. The summed E-state index contributed by atoms with van der Waals surface area (Å²) < 4.78 is 0. The Balaban J connectivity index is 1.72. The van der Waals surface area contributed by atoms with Gasteiger partial charge in [-0.3, -0.25) is 9.59 Å². The SMILES string of the molecule is CC=C1C(=O)C[C@H]2[C@H]3CCC4=CC(=O)CC[C@]4(C)[C@@H]3CC[C@@]12C. The predicted octanol–water partition coefficient (Wildman–Crippen LogP) is 4.64. The Bertz CT molecular complexity index is 640. The standard InChI is InChI=1S/C21H28O2/c1-4-16-19(23)12-18-15-6-5-13-11-14(22)7-9-20(13,2)17(15)8-10-21(16,18)3/h4,11,15,17-18H,5-10,12H2,1-3H3/t15-,17+,18-,20-,21-/m0/s1. The summed E-state index contributed by atoms with van der Waals surface area (Å²) in [5.74, 6) is 2.56. The van der Waals surface area contributed by atoms with Gasteiger partial charge in [0.1, 0.15) is 0 Å². The fourth-order valence-electron chi connectivity index (χ4n) is 6.71. The van der Waals surface area contributed by atoms with Crippen molar-refractivity contribution in [1.82, 2.24) is 0 Å². The summed E-state index contributed by atoms with van der Waals surface area (Å²) in [5.41, 5.74) is 2.83. The van der Waals surface area contributed by atoms with E-state index < -0.39 is 0 Å². The maximum Gasteiger partial charge on any atom is 0.159 e. The molecule has 2 nitrogen and oxygen atoms in total. The van der Waals surface area contributed by atoms with Gasteiger partial charge < -0.3 is 0 Å². The molecule has 0 heterocycles. The van der Waals surface area contributed by atoms with Gasteiger partial charge in [-0.1, -0.05) is 25.5 Å². The van der Waals surface area contributed by atoms with Gasteiger partial charge in [0, 0.05) is 12.8 Å². The highest BCUT2D eigenvalue weighted by Crippen LogP contribution is 2.65. The minimum atomic E-state index is 0.106. The lowest BCUT2D eigenvalue weighted by Crippen LogP contribution is -2.49. The number of hydrogen-bond donors (Lipinski definition) is 0.